The lowest BCUT2D eigenvalue weighted by molar-refractivity contribution is 0.0310. The summed E-state index contributed by atoms with van der Waals surface area (Å²) in [5.74, 6) is 0.723. The van der Waals surface area contributed by atoms with Crippen LogP contribution in [-0.4, -0.2) is 38.2 Å². The number of aromatic nitrogens is 3. The number of β-amino-alcohol motifs (C(OH)–C–C–N with tert-alkyl or cyclic N) is 1. The van der Waals surface area contributed by atoms with Crippen LogP contribution in [0.5, 0.6) is 0 Å². The van der Waals surface area contributed by atoms with Gasteiger partial charge in [-0.15, -0.1) is 0 Å². The summed E-state index contributed by atoms with van der Waals surface area (Å²) in [4.78, 5) is 11.6. The van der Waals surface area contributed by atoms with Crippen LogP contribution in [0.3, 0.4) is 0 Å². The van der Waals surface area contributed by atoms with E-state index >= 15 is 0 Å². The van der Waals surface area contributed by atoms with Gasteiger partial charge >= 0.3 is 0 Å². The third-order valence-corrected chi connectivity index (χ3v) is 6.01. The van der Waals surface area contributed by atoms with Crippen LogP contribution < -0.4 is 10.2 Å². The lowest BCUT2D eigenvalue weighted by atomic mass is 9.96. The second kappa shape index (κ2) is 6.68. The molecule has 1 aliphatic heterocycles. The van der Waals surface area contributed by atoms with Gasteiger partial charge in [0.1, 0.15) is 0 Å². The van der Waals surface area contributed by atoms with E-state index < -0.39 is 5.60 Å². The van der Waals surface area contributed by atoms with Crippen molar-refractivity contribution in [2.45, 2.75) is 18.9 Å². The number of rotatable bonds is 4. The van der Waals surface area contributed by atoms with E-state index in [0.29, 0.717) is 13.1 Å². The quantitative estimate of drug-likeness (QED) is 0.527. The molecule has 0 radical (unpaired) electrons. The summed E-state index contributed by atoms with van der Waals surface area (Å²) < 4.78 is 2.01. The van der Waals surface area contributed by atoms with Gasteiger partial charge in [-0.25, -0.2) is 9.97 Å². The highest BCUT2D eigenvalue weighted by Gasteiger charge is 2.36. The summed E-state index contributed by atoms with van der Waals surface area (Å²) >= 11 is 0. The average molecular weight is 409 g/mol. The lowest BCUT2D eigenvalue weighted by Crippen LogP contribution is -2.60. The number of aliphatic hydroxyl groups is 1. The third kappa shape index (κ3) is 3.25. The lowest BCUT2D eigenvalue weighted by Gasteiger charge is -2.45. The maximum atomic E-state index is 9.97. The van der Waals surface area contributed by atoms with Gasteiger partial charge < -0.3 is 19.7 Å². The molecule has 2 aromatic heterocycles. The second-order valence-corrected chi connectivity index (χ2v) is 8.68. The zero-order valence-electron chi connectivity index (χ0n) is 17.3. The van der Waals surface area contributed by atoms with Gasteiger partial charge in [0.15, 0.2) is 11.5 Å². The van der Waals surface area contributed by atoms with Crippen LogP contribution in [0.25, 0.3) is 23.0 Å². The monoisotopic (exact) mass is 409 g/mol. The number of benzene rings is 2. The van der Waals surface area contributed by atoms with Crippen LogP contribution in [0.2, 0.25) is 0 Å². The molecule has 1 fully saturated rings. The summed E-state index contributed by atoms with van der Waals surface area (Å²) in [6, 6.07) is 14.7. The minimum Gasteiger partial charge on any atom is -0.386 e. The van der Waals surface area contributed by atoms with Crippen molar-refractivity contribution in [1.82, 2.24) is 14.4 Å². The summed E-state index contributed by atoms with van der Waals surface area (Å²) in [5, 5.41) is 13.4. The number of anilines is 3. The van der Waals surface area contributed by atoms with Crippen molar-refractivity contribution in [3.8, 4) is 11.3 Å². The predicted molar refractivity (Wildman–Crippen MR) is 124 cm³/mol. The molecule has 0 spiro atoms. The SMILES string of the molecule is CC1(O)CN(c2ccc(Nc3nc(-c4ccc5c(c4)CC=C5)cn4ccnc34)cc2)C1. The molecule has 2 aromatic carbocycles. The van der Waals surface area contributed by atoms with Crippen molar-refractivity contribution in [3.63, 3.8) is 0 Å². The zero-order valence-corrected chi connectivity index (χ0v) is 17.3. The molecule has 0 saturated carbocycles. The molecule has 2 N–H and O–H groups in total. The maximum Gasteiger partial charge on any atom is 0.180 e. The van der Waals surface area contributed by atoms with E-state index in [2.05, 4.69) is 57.7 Å². The van der Waals surface area contributed by atoms with E-state index in [4.69, 9.17) is 4.98 Å². The molecular weight excluding hydrogens is 386 g/mol. The molecule has 1 saturated heterocycles. The highest BCUT2D eigenvalue weighted by atomic mass is 16.3. The average Bonchev–Trinajstić information content (AvgIpc) is 3.41. The number of hydrogen-bond acceptors (Lipinski definition) is 5. The van der Waals surface area contributed by atoms with Crippen LogP contribution in [0.1, 0.15) is 18.1 Å². The van der Waals surface area contributed by atoms with E-state index in [0.717, 1.165) is 40.5 Å². The molecule has 6 nitrogen and oxygen atoms in total. The zero-order chi connectivity index (χ0) is 21.0. The summed E-state index contributed by atoms with van der Waals surface area (Å²) in [7, 11) is 0. The molecule has 0 amide bonds. The van der Waals surface area contributed by atoms with Crippen molar-refractivity contribution in [1.29, 1.82) is 0 Å². The number of fused-ring (bicyclic) bond motifs is 2. The molecule has 154 valence electrons. The Morgan fingerprint density at radius 1 is 1.10 bits per heavy atom. The molecule has 0 bridgehead atoms. The normalized spacial score (nSPS) is 16.4. The molecule has 3 heterocycles. The smallest absolute Gasteiger partial charge is 0.180 e. The molecule has 0 unspecified atom stereocenters. The number of hydrogen-bond donors (Lipinski definition) is 2. The molecule has 31 heavy (non-hydrogen) atoms. The second-order valence-electron chi connectivity index (χ2n) is 8.68. The van der Waals surface area contributed by atoms with E-state index in [9.17, 15) is 5.11 Å². The van der Waals surface area contributed by atoms with Crippen molar-refractivity contribution in [2.75, 3.05) is 23.3 Å². The summed E-state index contributed by atoms with van der Waals surface area (Å²) in [6.45, 7) is 3.19. The number of allylic oxidation sites excluding steroid dienone is 1. The minimum absolute atomic E-state index is 0.582. The van der Waals surface area contributed by atoms with Crippen LogP contribution >= 0.6 is 0 Å². The Balaban J connectivity index is 1.31. The summed E-state index contributed by atoms with van der Waals surface area (Å²) in [6.07, 6.45) is 11.1. The van der Waals surface area contributed by atoms with Gasteiger partial charge in [0.2, 0.25) is 0 Å². The van der Waals surface area contributed by atoms with Crippen LogP contribution in [0.4, 0.5) is 17.2 Å². The fraction of sp³-hybridized carbons (Fsp3) is 0.200. The number of nitrogens with zero attached hydrogens (tertiary/aromatic N) is 4. The van der Waals surface area contributed by atoms with Gasteiger partial charge in [-0.3, -0.25) is 0 Å². The van der Waals surface area contributed by atoms with E-state index in [1.165, 1.54) is 11.1 Å². The third-order valence-electron chi connectivity index (χ3n) is 6.01. The van der Waals surface area contributed by atoms with E-state index in [1.54, 1.807) is 6.20 Å². The minimum atomic E-state index is -0.582. The first-order chi connectivity index (χ1) is 15.0. The first-order valence-corrected chi connectivity index (χ1v) is 10.5. The topological polar surface area (TPSA) is 65.7 Å². The van der Waals surface area contributed by atoms with Gasteiger partial charge in [0.05, 0.1) is 11.3 Å². The van der Waals surface area contributed by atoms with Crippen molar-refractivity contribution in [3.05, 3.63) is 78.3 Å². The molecule has 0 atom stereocenters. The fourth-order valence-electron chi connectivity index (χ4n) is 4.42. The van der Waals surface area contributed by atoms with E-state index in [-0.39, 0.29) is 0 Å². The largest absolute Gasteiger partial charge is 0.386 e. The van der Waals surface area contributed by atoms with Crippen molar-refractivity contribution < 1.29 is 5.11 Å². The molecule has 1 aliphatic carbocycles. The number of imidazole rings is 1. The Kier molecular flexibility index (Phi) is 3.91. The van der Waals surface area contributed by atoms with Gasteiger partial charge in [-0.2, -0.15) is 0 Å². The Bertz CT molecular complexity index is 1310. The standard InChI is InChI=1S/C25H23N5O/c1-25(31)15-30(16-25)21-9-7-20(8-10-21)27-23-24-26-11-12-29(24)14-22(28-23)19-6-5-17-3-2-4-18(17)13-19/h2-3,5-14,31H,4,15-16H2,1H3,(H,27,28). The fourth-order valence-corrected chi connectivity index (χ4v) is 4.42. The van der Waals surface area contributed by atoms with Gasteiger partial charge in [0, 0.05) is 48.6 Å². The molecule has 6 heteroatoms. The molecule has 4 aromatic rings. The maximum absolute atomic E-state index is 9.97. The Labute approximate surface area is 180 Å². The van der Waals surface area contributed by atoms with E-state index in [1.807, 2.05) is 35.9 Å². The van der Waals surface area contributed by atoms with Gasteiger partial charge in [0.25, 0.3) is 0 Å². The van der Waals surface area contributed by atoms with Gasteiger partial charge in [-0.05, 0) is 54.8 Å². The van der Waals surface area contributed by atoms with Crippen molar-refractivity contribution in [2.24, 2.45) is 0 Å². The van der Waals surface area contributed by atoms with Crippen LogP contribution in [-0.2, 0) is 6.42 Å². The first kappa shape index (κ1) is 18.2. The Morgan fingerprint density at radius 3 is 2.74 bits per heavy atom. The number of nitrogens with one attached hydrogen (secondary N) is 1. The molecule has 6 rings (SSSR count). The van der Waals surface area contributed by atoms with Crippen LogP contribution in [0.15, 0.2) is 67.1 Å². The highest BCUT2D eigenvalue weighted by Crippen LogP contribution is 2.31. The predicted octanol–water partition coefficient (Wildman–Crippen LogP) is 4.28. The Morgan fingerprint density at radius 2 is 1.94 bits per heavy atom. The van der Waals surface area contributed by atoms with Crippen LogP contribution in [0, 0.1) is 0 Å². The molecule has 2 aliphatic rings. The summed E-state index contributed by atoms with van der Waals surface area (Å²) in [5.41, 5.74) is 6.88. The van der Waals surface area contributed by atoms with Gasteiger partial charge in [-0.1, -0.05) is 24.3 Å². The van der Waals surface area contributed by atoms with Crippen molar-refractivity contribution >= 4 is 28.9 Å². The first-order valence-electron chi connectivity index (χ1n) is 10.5. The highest BCUT2D eigenvalue weighted by molar-refractivity contribution is 5.75. The Hall–Kier alpha value is -3.64. The molecular formula is C25H23N5O.